The number of carboxylic acid groups (broad SMARTS) is 1. The summed E-state index contributed by atoms with van der Waals surface area (Å²) in [6.45, 7) is 3.34. The van der Waals surface area contributed by atoms with Crippen LogP contribution in [0.1, 0.15) is 22.8 Å². The molecule has 2 heterocycles. The minimum Gasteiger partial charge on any atom is -0.478 e. The second-order valence-electron chi connectivity index (χ2n) is 5.49. The molecule has 0 saturated heterocycles. The van der Waals surface area contributed by atoms with E-state index < -0.39 is 27.1 Å². The van der Waals surface area contributed by atoms with Crippen LogP contribution < -0.4 is 9.46 Å². The zero-order valence-electron chi connectivity index (χ0n) is 14.5. The number of nitrogens with one attached hydrogen (secondary N) is 1. The number of hydrogen-bond acceptors (Lipinski definition) is 7. The SMILES string of the molecule is CCOc1nc(F)cc2nc(S(=O)(=O)Nc3c(C(=O)O)ccc(C)c3Cl)nn12. The monoisotopic (exact) mass is 429 g/mol. The predicted octanol–water partition coefficient (Wildman–Crippen LogP) is 2.12. The molecule has 0 atom stereocenters. The van der Waals surface area contributed by atoms with Crippen LogP contribution >= 0.6 is 11.6 Å². The first-order valence-electron chi connectivity index (χ1n) is 7.75. The number of carboxylic acids is 1. The van der Waals surface area contributed by atoms with Gasteiger partial charge in [0.15, 0.2) is 5.65 Å². The number of halogens is 2. The molecule has 148 valence electrons. The molecular weight excluding hydrogens is 417 g/mol. The van der Waals surface area contributed by atoms with Crippen LogP contribution in [0.4, 0.5) is 10.1 Å². The van der Waals surface area contributed by atoms with Crippen LogP contribution in [-0.2, 0) is 10.0 Å². The van der Waals surface area contributed by atoms with Gasteiger partial charge in [-0.25, -0.2) is 4.79 Å². The van der Waals surface area contributed by atoms with E-state index in [-0.39, 0.29) is 34.5 Å². The van der Waals surface area contributed by atoms with Crippen molar-refractivity contribution in [1.29, 1.82) is 0 Å². The number of aryl methyl sites for hydroxylation is 1. The number of benzene rings is 1. The Hall–Kier alpha value is -2.99. The normalized spacial score (nSPS) is 11.6. The molecule has 0 aliphatic rings. The first-order chi connectivity index (χ1) is 13.1. The van der Waals surface area contributed by atoms with E-state index in [4.69, 9.17) is 16.3 Å². The highest BCUT2D eigenvalue weighted by atomic mass is 35.5. The van der Waals surface area contributed by atoms with Crippen molar-refractivity contribution in [2.45, 2.75) is 19.0 Å². The highest BCUT2D eigenvalue weighted by Crippen LogP contribution is 2.31. The molecule has 0 spiro atoms. The van der Waals surface area contributed by atoms with E-state index in [9.17, 15) is 22.7 Å². The summed E-state index contributed by atoms with van der Waals surface area (Å²) in [5.74, 6) is -2.32. The number of hydrogen-bond donors (Lipinski definition) is 2. The Kier molecular flexibility index (Phi) is 5.08. The molecule has 0 radical (unpaired) electrons. The van der Waals surface area contributed by atoms with Gasteiger partial charge in [0.25, 0.3) is 15.2 Å². The number of rotatable bonds is 6. The van der Waals surface area contributed by atoms with Crippen LogP contribution in [0.25, 0.3) is 5.65 Å². The predicted molar refractivity (Wildman–Crippen MR) is 95.9 cm³/mol. The highest BCUT2D eigenvalue weighted by Gasteiger charge is 2.26. The summed E-state index contributed by atoms with van der Waals surface area (Å²) in [4.78, 5) is 18.7. The molecule has 0 fully saturated rings. The van der Waals surface area contributed by atoms with Crippen molar-refractivity contribution < 1.29 is 27.4 Å². The smallest absolute Gasteiger partial charge is 0.337 e. The molecule has 13 heteroatoms. The van der Waals surface area contributed by atoms with Gasteiger partial charge in [-0.3, -0.25) is 4.72 Å². The Bertz CT molecular complexity index is 1200. The maximum atomic E-state index is 13.6. The third-order valence-corrected chi connectivity index (χ3v) is 5.17. The zero-order valence-corrected chi connectivity index (χ0v) is 16.0. The first-order valence-corrected chi connectivity index (χ1v) is 9.61. The third-order valence-electron chi connectivity index (χ3n) is 3.56. The number of ether oxygens (including phenoxy) is 1. The Morgan fingerprint density at radius 3 is 2.75 bits per heavy atom. The largest absolute Gasteiger partial charge is 0.478 e. The average molecular weight is 430 g/mol. The molecule has 2 N–H and O–H groups in total. The Balaban J connectivity index is 2.11. The number of carbonyl (C=O) groups is 1. The van der Waals surface area contributed by atoms with E-state index in [0.717, 1.165) is 10.6 Å². The van der Waals surface area contributed by atoms with Gasteiger partial charge in [0.2, 0.25) is 5.95 Å². The minimum absolute atomic E-state index is 0.0880. The van der Waals surface area contributed by atoms with Crippen molar-refractivity contribution in [2.24, 2.45) is 0 Å². The van der Waals surface area contributed by atoms with Crippen molar-refractivity contribution in [3.8, 4) is 6.01 Å². The van der Waals surface area contributed by atoms with Gasteiger partial charge >= 0.3 is 12.0 Å². The van der Waals surface area contributed by atoms with Crippen LogP contribution in [0.2, 0.25) is 5.02 Å². The van der Waals surface area contributed by atoms with Crippen molar-refractivity contribution in [3.05, 3.63) is 40.3 Å². The van der Waals surface area contributed by atoms with Crippen molar-refractivity contribution in [3.63, 3.8) is 0 Å². The van der Waals surface area contributed by atoms with Crippen molar-refractivity contribution >= 4 is 38.9 Å². The van der Waals surface area contributed by atoms with Crippen molar-refractivity contribution in [2.75, 3.05) is 11.3 Å². The summed E-state index contributed by atoms with van der Waals surface area (Å²) < 4.78 is 47.1. The summed E-state index contributed by atoms with van der Waals surface area (Å²) >= 11 is 6.09. The maximum Gasteiger partial charge on any atom is 0.337 e. The fraction of sp³-hybridized carbons (Fsp3) is 0.200. The van der Waals surface area contributed by atoms with Gasteiger partial charge in [-0.2, -0.15) is 27.3 Å². The number of aromatic carboxylic acids is 1. The molecule has 0 aliphatic carbocycles. The molecule has 0 unspecified atom stereocenters. The lowest BCUT2D eigenvalue weighted by atomic mass is 10.1. The van der Waals surface area contributed by atoms with E-state index in [1.807, 2.05) is 0 Å². The molecule has 3 aromatic rings. The van der Waals surface area contributed by atoms with Gasteiger partial charge < -0.3 is 9.84 Å². The molecule has 3 rings (SSSR count). The minimum atomic E-state index is -4.46. The molecule has 0 saturated carbocycles. The fourth-order valence-corrected chi connectivity index (χ4v) is 3.53. The van der Waals surface area contributed by atoms with Crippen LogP contribution in [0.3, 0.4) is 0 Å². The molecule has 0 bridgehead atoms. The number of sulfonamides is 1. The standard InChI is InChI=1S/C15H13ClFN5O5S/c1-3-27-15-18-9(17)6-10-19-14(20-22(10)15)28(25,26)21-12-8(13(23)24)5-4-7(2)11(12)16/h4-6,21H,3H2,1-2H3,(H,23,24). The zero-order chi connectivity index (χ0) is 20.6. The van der Waals surface area contributed by atoms with E-state index in [1.54, 1.807) is 13.8 Å². The van der Waals surface area contributed by atoms with Crippen molar-refractivity contribution in [1.82, 2.24) is 19.6 Å². The number of anilines is 1. The highest BCUT2D eigenvalue weighted by molar-refractivity contribution is 7.92. The summed E-state index contributed by atoms with van der Waals surface area (Å²) in [6, 6.07) is 3.24. The third kappa shape index (κ3) is 3.55. The molecular formula is C15H13ClFN5O5S. The van der Waals surface area contributed by atoms with Gasteiger partial charge in [-0.15, -0.1) is 5.10 Å². The Morgan fingerprint density at radius 1 is 1.39 bits per heavy atom. The number of nitrogens with zero attached hydrogens (tertiary/aromatic N) is 4. The van der Waals surface area contributed by atoms with Crippen LogP contribution in [-0.4, -0.2) is 45.7 Å². The lowest BCUT2D eigenvalue weighted by Crippen LogP contribution is -2.18. The summed E-state index contributed by atoms with van der Waals surface area (Å²) in [5, 5.41) is 12.2. The topological polar surface area (TPSA) is 136 Å². The Labute approximate surface area is 163 Å². The lowest BCUT2D eigenvalue weighted by Gasteiger charge is -2.12. The second kappa shape index (κ2) is 7.20. The lowest BCUT2D eigenvalue weighted by molar-refractivity contribution is 0.0698. The average Bonchev–Trinajstić information content (AvgIpc) is 3.04. The number of fused-ring (bicyclic) bond motifs is 1. The second-order valence-corrected chi connectivity index (χ2v) is 7.44. The van der Waals surface area contributed by atoms with Gasteiger partial charge in [-0.05, 0) is 25.5 Å². The fourth-order valence-electron chi connectivity index (χ4n) is 2.29. The van der Waals surface area contributed by atoms with E-state index in [2.05, 4.69) is 19.8 Å². The molecule has 1 aromatic carbocycles. The maximum absolute atomic E-state index is 13.6. The molecule has 0 aliphatic heterocycles. The van der Waals surface area contributed by atoms with Gasteiger partial charge in [0.1, 0.15) is 0 Å². The summed E-state index contributed by atoms with van der Waals surface area (Å²) in [7, 11) is -4.46. The molecule has 28 heavy (non-hydrogen) atoms. The molecule has 0 amide bonds. The Morgan fingerprint density at radius 2 is 2.11 bits per heavy atom. The quantitative estimate of drug-likeness (QED) is 0.568. The van der Waals surface area contributed by atoms with E-state index in [0.29, 0.717) is 5.56 Å². The first kappa shape index (κ1) is 19.8. The van der Waals surface area contributed by atoms with Crippen LogP contribution in [0.15, 0.2) is 23.4 Å². The van der Waals surface area contributed by atoms with Gasteiger partial charge in [0.05, 0.1) is 22.9 Å². The van der Waals surface area contributed by atoms with Gasteiger partial charge in [0, 0.05) is 6.07 Å². The van der Waals surface area contributed by atoms with E-state index >= 15 is 0 Å². The number of aromatic nitrogens is 4. The van der Waals surface area contributed by atoms with E-state index in [1.165, 1.54) is 12.1 Å². The molecule has 2 aromatic heterocycles. The molecule has 10 nitrogen and oxygen atoms in total. The summed E-state index contributed by atoms with van der Waals surface area (Å²) in [6.07, 6.45) is 0. The van der Waals surface area contributed by atoms with Gasteiger partial charge in [-0.1, -0.05) is 17.7 Å². The van der Waals surface area contributed by atoms with Crippen LogP contribution in [0.5, 0.6) is 6.01 Å². The van der Waals surface area contributed by atoms with Crippen LogP contribution in [0, 0.1) is 12.9 Å². The summed E-state index contributed by atoms with van der Waals surface area (Å²) in [5.41, 5.74) is -0.393.